The van der Waals surface area contributed by atoms with Crippen LogP contribution in [-0.2, 0) is 6.54 Å². The van der Waals surface area contributed by atoms with Gasteiger partial charge in [-0.1, -0.05) is 53.2 Å². The first-order valence-electron chi connectivity index (χ1n) is 9.65. The van der Waals surface area contributed by atoms with Crippen LogP contribution in [0.1, 0.15) is 17.0 Å². The number of halogens is 1. The molecule has 0 saturated carbocycles. The Balaban J connectivity index is 1.58. The van der Waals surface area contributed by atoms with Crippen molar-refractivity contribution in [2.75, 3.05) is 0 Å². The number of oxazole rings is 1. The molecule has 0 N–H and O–H groups in total. The van der Waals surface area contributed by atoms with Gasteiger partial charge in [0, 0.05) is 11.1 Å². The Hall–Kier alpha value is -3.71. The van der Waals surface area contributed by atoms with E-state index in [2.05, 4.69) is 15.2 Å². The van der Waals surface area contributed by atoms with Crippen molar-refractivity contribution in [3.63, 3.8) is 0 Å². The SMILES string of the molecule is Cc1ccccc1-c1nc(Cn2ncc3onc(-c4ccccc4Cl)c3c2=O)c(C)o1. The van der Waals surface area contributed by atoms with E-state index in [1.807, 2.05) is 50.2 Å². The van der Waals surface area contributed by atoms with Crippen LogP contribution in [0.25, 0.3) is 33.7 Å². The molecule has 0 spiro atoms. The summed E-state index contributed by atoms with van der Waals surface area (Å²) >= 11 is 6.30. The van der Waals surface area contributed by atoms with Gasteiger partial charge in [-0.2, -0.15) is 5.10 Å². The number of nitrogens with zero attached hydrogens (tertiary/aromatic N) is 4. The van der Waals surface area contributed by atoms with Gasteiger partial charge in [-0.3, -0.25) is 4.79 Å². The summed E-state index contributed by atoms with van der Waals surface area (Å²) in [4.78, 5) is 17.9. The maximum atomic E-state index is 13.2. The number of hydrogen-bond acceptors (Lipinski definition) is 6. The lowest BCUT2D eigenvalue weighted by Crippen LogP contribution is -2.23. The fourth-order valence-electron chi connectivity index (χ4n) is 3.50. The maximum Gasteiger partial charge on any atom is 0.280 e. The van der Waals surface area contributed by atoms with Crippen LogP contribution in [0.4, 0.5) is 0 Å². The van der Waals surface area contributed by atoms with Crippen LogP contribution in [-0.4, -0.2) is 19.9 Å². The predicted octanol–water partition coefficient (Wildman–Crippen LogP) is 5.03. The van der Waals surface area contributed by atoms with E-state index in [4.69, 9.17) is 20.5 Å². The molecule has 0 fully saturated rings. The van der Waals surface area contributed by atoms with E-state index in [1.54, 1.807) is 12.1 Å². The molecular formula is C23H17ClN4O3. The molecule has 7 nitrogen and oxygen atoms in total. The molecule has 154 valence electrons. The smallest absolute Gasteiger partial charge is 0.280 e. The molecule has 0 amide bonds. The van der Waals surface area contributed by atoms with Gasteiger partial charge >= 0.3 is 0 Å². The molecule has 0 saturated heterocycles. The summed E-state index contributed by atoms with van der Waals surface area (Å²) in [6, 6.07) is 15.0. The first-order valence-corrected chi connectivity index (χ1v) is 10.0. The lowest BCUT2D eigenvalue weighted by atomic mass is 10.1. The third-order valence-electron chi connectivity index (χ3n) is 5.18. The minimum Gasteiger partial charge on any atom is -0.441 e. The fraction of sp³-hybridized carbons (Fsp3) is 0.130. The van der Waals surface area contributed by atoms with Crippen molar-refractivity contribution in [3.05, 3.63) is 87.1 Å². The van der Waals surface area contributed by atoms with Gasteiger partial charge < -0.3 is 8.94 Å². The number of fused-ring (bicyclic) bond motifs is 1. The summed E-state index contributed by atoms with van der Waals surface area (Å²) in [6.45, 7) is 3.97. The molecule has 0 aliphatic heterocycles. The second-order valence-corrected chi connectivity index (χ2v) is 7.60. The predicted molar refractivity (Wildman–Crippen MR) is 117 cm³/mol. The zero-order chi connectivity index (χ0) is 21.5. The molecule has 0 atom stereocenters. The van der Waals surface area contributed by atoms with Crippen LogP contribution >= 0.6 is 11.6 Å². The van der Waals surface area contributed by atoms with Crippen LogP contribution in [0.5, 0.6) is 0 Å². The number of rotatable bonds is 4. The summed E-state index contributed by atoms with van der Waals surface area (Å²) in [5.41, 5.74) is 3.56. The Labute approximate surface area is 181 Å². The molecule has 0 bridgehead atoms. The van der Waals surface area contributed by atoms with E-state index in [1.165, 1.54) is 10.9 Å². The highest BCUT2D eigenvalue weighted by atomic mass is 35.5. The van der Waals surface area contributed by atoms with Gasteiger partial charge in [0.15, 0.2) is 5.58 Å². The minimum atomic E-state index is -0.339. The molecule has 3 aromatic heterocycles. The Kier molecular flexibility index (Phi) is 4.67. The van der Waals surface area contributed by atoms with Crippen molar-refractivity contribution in [3.8, 4) is 22.7 Å². The molecule has 5 rings (SSSR count). The molecule has 0 aliphatic carbocycles. The van der Waals surface area contributed by atoms with Crippen LogP contribution in [0.2, 0.25) is 5.02 Å². The number of aromatic nitrogens is 4. The largest absolute Gasteiger partial charge is 0.441 e. The highest BCUT2D eigenvalue weighted by molar-refractivity contribution is 6.33. The molecule has 3 heterocycles. The monoisotopic (exact) mass is 432 g/mol. The highest BCUT2D eigenvalue weighted by Gasteiger charge is 2.20. The van der Waals surface area contributed by atoms with E-state index < -0.39 is 0 Å². The summed E-state index contributed by atoms with van der Waals surface area (Å²) < 4.78 is 12.5. The van der Waals surface area contributed by atoms with Crippen molar-refractivity contribution in [2.24, 2.45) is 0 Å². The molecule has 5 aromatic rings. The summed E-state index contributed by atoms with van der Waals surface area (Å²) in [5.74, 6) is 1.14. The van der Waals surface area contributed by atoms with Crippen molar-refractivity contribution < 1.29 is 8.94 Å². The normalized spacial score (nSPS) is 11.3. The van der Waals surface area contributed by atoms with Crippen LogP contribution in [0.15, 0.2) is 68.5 Å². The molecule has 8 heteroatoms. The van der Waals surface area contributed by atoms with Crippen LogP contribution < -0.4 is 5.56 Å². The molecule has 31 heavy (non-hydrogen) atoms. The fourth-order valence-corrected chi connectivity index (χ4v) is 3.72. The van der Waals surface area contributed by atoms with Gasteiger partial charge in [0.1, 0.15) is 22.5 Å². The van der Waals surface area contributed by atoms with Gasteiger partial charge in [-0.05, 0) is 31.5 Å². The average molecular weight is 433 g/mol. The molecule has 0 radical (unpaired) electrons. The van der Waals surface area contributed by atoms with Gasteiger partial charge in [0.2, 0.25) is 5.89 Å². The van der Waals surface area contributed by atoms with Crippen molar-refractivity contribution in [2.45, 2.75) is 20.4 Å². The first-order chi connectivity index (χ1) is 15.0. The summed E-state index contributed by atoms with van der Waals surface area (Å²) in [5, 5.41) is 9.09. The minimum absolute atomic E-state index is 0.156. The van der Waals surface area contributed by atoms with Crippen LogP contribution in [0, 0.1) is 13.8 Å². The van der Waals surface area contributed by atoms with E-state index >= 15 is 0 Å². The Morgan fingerprint density at radius 2 is 1.77 bits per heavy atom. The Bertz CT molecular complexity index is 1480. The summed E-state index contributed by atoms with van der Waals surface area (Å²) in [6.07, 6.45) is 1.47. The van der Waals surface area contributed by atoms with E-state index in [0.29, 0.717) is 44.6 Å². The standard InChI is InChI=1S/C23H17ClN4O3/c1-13-7-3-4-8-15(13)22-26-18(14(2)30-22)12-28-23(29)20-19(11-25-28)31-27-21(20)16-9-5-6-10-17(16)24/h3-11H,12H2,1-2H3. The van der Waals surface area contributed by atoms with Crippen LogP contribution in [0.3, 0.4) is 0 Å². The van der Waals surface area contributed by atoms with Gasteiger partial charge in [-0.25, -0.2) is 9.67 Å². The average Bonchev–Trinajstić information content (AvgIpc) is 3.35. The Morgan fingerprint density at radius 3 is 2.55 bits per heavy atom. The highest BCUT2D eigenvalue weighted by Crippen LogP contribution is 2.31. The molecular weight excluding hydrogens is 416 g/mol. The van der Waals surface area contributed by atoms with Crippen molar-refractivity contribution >= 4 is 22.6 Å². The van der Waals surface area contributed by atoms with E-state index in [0.717, 1.165) is 11.1 Å². The molecule has 0 aliphatic rings. The first kappa shape index (κ1) is 19.3. The quantitative estimate of drug-likeness (QED) is 0.396. The number of aryl methyl sites for hydroxylation is 2. The third-order valence-corrected chi connectivity index (χ3v) is 5.51. The lowest BCUT2D eigenvalue weighted by Gasteiger charge is -2.03. The van der Waals surface area contributed by atoms with Gasteiger partial charge in [-0.15, -0.1) is 0 Å². The van der Waals surface area contributed by atoms with Crippen molar-refractivity contribution in [1.82, 2.24) is 19.9 Å². The molecule has 2 aromatic carbocycles. The van der Waals surface area contributed by atoms with Crippen molar-refractivity contribution in [1.29, 1.82) is 0 Å². The number of benzene rings is 2. The third kappa shape index (κ3) is 3.33. The van der Waals surface area contributed by atoms with E-state index in [9.17, 15) is 4.79 Å². The topological polar surface area (TPSA) is 87.0 Å². The second-order valence-electron chi connectivity index (χ2n) is 7.19. The van der Waals surface area contributed by atoms with Gasteiger partial charge in [0.05, 0.1) is 17.8 Å². The van der Waals surface area contributed by atoms with E-state index in [-0.39, 0.29) is 12.1 Å². The zero-order valence-corrected chi connectivity index (χ0v) is 17.6. The summed E-state index contributed by atoms with van der Waals surface area (Å²) in [7, 11) is 0. The lowest BCUT2D eigenvalue weighted by molar-refractivity contribution is 0.456. The zero-order valence-electron chi connectivity index (χ0n) is 16.8. The second kappa shape index (κ2) is 7.52. The van der Waals surface area contributed by atoms with Gasteiger partial charge in [0.25, 0.3) is 5.56 Å². The molecule has 0 unspecified atom stereocenters. The Morgan fingerprint density at radius 1 is 1.03 bits per heavy atom. The number of hydrogen-bond donors (Lipinski definition) is 0. The maximum absolute atomic E-state index is 13.2.